The number of hydrogen-bond acceptors (Lipinski definition) is 2. The van der Waals surface area contributed by atoms with Crippen LogP contribution < -0.4 is 5.43 Å². The van der Waals surface area contributed by atoms with Crippen LogP contribution in [0.15, 0.2) is 28.0 Å². The van der Waals surface area contributed by atoms with Gasteiger partial charge in [-0.25, -0.2) is 0 Å². The molecule has 0 aliphatic heterocycles. The van der Waals surface area contributed by atoms with Crippen molar-refractivity contribution >= 4 is 22.1 Å². The van der Waals surface area contributed by atoms with Crippen LogP contribution in [-0.4, -0.2) is 15.4 Å². The quantitative estimate of drug-likeness (QED) is 0.724. The van der Waals surface area contributed by atoms with Crippen molar-refractivity contribution in [1.82, 2.24) is 4.57 Å². The van der Waals surface area contributed by atoms with Crippen LogP contribution >= 0.6 is 0 Å². The molecule has 1 unspecified atom stereocenters. The SMILES string of the molecule is Cc1ccc2c(c1C)c(=O)c([S+](C)[O-])cn2C. The summed E-state index contributed by atoms with van der Waals surface area (Å²) < 4.78 is 13.4. The average Bonchev–Trinajstić information content (AvgIpc) is 2.26. The summed E-state index contributed by atoms with van der Waals surface area (Å²) in [6, 6.07) is 3.93. The Bertz CT molecular complexity index is 644. The molecule has 0 bridgehead atoms. The molecule has 0 saturated carbocycles. The zero-order chi connectivity index (χ0) is 12.7. The highest BCUT2D eigenvalue weighted by atomic mass is 32.2. The van der Waals surface area contributed by atoms with Gasteiger partial charge in [0.05, 0.1) is 17.1 Å². The predicted molar refractivity (Wildman–Crippen MR) is 71.0 cm³/mol. The maximum absolute atomic E-state index is 12.3. The molecule has 0 radical (unpaired) electrons. The van der Waals surface area contributed by atoms with Crippen molar-refractivity contribution in [1.29, 1.82) is 0 Å². The van der Waals surface area contributed by atoms with Gasteiger partial charge in [-0.3, -0.25) is 4.79 Å². The lowest BCUT2D eigenvalue weighted by atomic mass is 10.0. The second-order valence-electron chi connectivity index (χ2n) is 4.29. The molecule has 17 heavy (non-hydrogen) atoms. The van der Waals surface area contributed by atoms with Crippen LogP contribution in [0.4, 0.5) is 0 Å². The van der Waals surface area contributed by atoms with Crippen molar-refractivity contribution < 1.29 is 4.55 Å². The van der Waals surface area contributed by atoms with Gasteiger partial charge in [-0.15, -0.1) is 0 Å². The Balaban J connectivity index is 3.01. The van der Waals surface area contributed by atoms with Gasteiger partial charge in [0, 0.05) is 7.05 Å². The van der Waals surface area contributed by atoms with Crippen molar-refractivity contribution in [3.63, 3.8) is 0 Å². The molecule has 1 atom stereocenters. The van der Waals surface area contributed by atoms with Crippen molar-refractivity contribution in [2.24, 2.45) is 7.05 Å². The second kappa shape index (κ2) is 4.20. The molecule has 3 nitrogen and oxygen atoms in total. The molecule has 0 fully saturated rings. The summed E-state index contributed by atoms with van der Waals surface area (Å²) in [5.41, 5.74) is 2.82. The number of rotatable bonds is 1. The van der Waals surface area contributed by atoms with E-state index < -0.39 is 11.2 Å². The molecule has 0 amide bonds. The van der Waals surface area contributed by atoms with E-state index in [9.17, 15) is 9.35 Å². The third-order valence-corrected chi connectivity index (χ3v) is 4.08. The average molecular weight is 249 g/mol. The highest BCUT2D eigenvalue weighted by Gasteiger charge is 2.16. The highest BCUT2D eigenvalue weighted by molar-refractivity contribution is 7.90. The third kappa shape index (κ3) is 1.87. The molecule has 0 spiro atoms. The minimum atomic E-state index is -1.26. The van der Waals surface area contributed by atoms with Crippen LogP contribution in [0.2, 0.25) is 0 Å². The number of aromatic nitrogens is 1. The lowest BCUT2D eigenvalue weighted by Gasteiger charge is -2.12. The molecular formula is C13H15NO2S. The maximum atomic E-state index is 12.3. The number of fused-ring (bicyclic) bond motifs is 1. The van der Waals surface area contributed by atoms with Gasteiger partial charge in [-0.2, -0.15) is 0 Å². The van der Waals surface area contributed by atoms with Crippen LogP contribution in [0.3, 0.4) is 0 Å². The van der Waals surface area contributed by atoms with Crippen LogP contribution in [0, 0.1) is 13.8 Å². The first-order valence-corrected chi connectivity index (χ1v) is 6.92. The molecule has 0 N–H and O–H groups in total. The smallest absolute Gasteiger partial charge is 0.244 e. The van der Waals surface area contributed by atoms with Crippen LogP contribution in [0.25, 0.3) is 10.9 Å². The standard InChI is InChI=1S/C13H15NO2S/c1-8-5-6-10-12(9(8)2)13(15)11(17(4)16)7-14(10)3/h5-7H,1-4H3. The normalized spacial score (nSPS) is 13.0. The van der Waals surface area contributed by atoms with Gasteiger partial charge in [0.1, 0.15) is 6.26 Å². The molecule has 4 heteroatoms. The van der Waals surface area contributed by atoms with Gasteiger partial charge in [0.25, 0.3) is 0 Å². The Morgan fingerprint density at radius 2 is 1.94 bits per heavy atom. The van der Waals surface area contributed by atoms with Gasteiger partial charge in [0.2, 0.25) is 10.3 Å². The Morgan fingerprint density at radius 1 is 1.29 bits per heavy atom. The molecular weight excluding hydrogens is 234 g/mol. The number of pyridine rings is 1. The Morgan fingerprint density at radius 3 is 2.53 bits per heavy atom. The van der Waals surface area contributed by atoms with Crippen LogP contribution in [0.5, 0.6) is 0 Å². The topological polar surface area (TPSA) is 45.1 Å². The molecule has 0 aliphatic rings. The summed E-state index contributed by atoms with van der Waals surface area (Å²) in [7, 11) is 1.87. The zero-order valence-corrected chi connectivity index (χ0v) is 11.2. The molecule has 1 aromatic heterocycles. The van der Waals surface area contributed by atoms with Crippen molar-refractivity contribution in [3.05, 3.63) is 39.7 Å². The van der Waals surface area contributed by atoms with E-state index in [1.165, 1.54) is 6.26 Å². The van der Waals surface area contributed by atoms with Gasteiger partial charge >= 0.3 is 0 Å². The Hall–Kier alpha value is -1.26. The molecule has 0 aliphatic carbocycles. The number of hydrogen-bond donors (Lipinski definition) is 0. The van der Waals surface area contributed by atoms with Crippen LogP contribution in [0.1, 0.15) is 11.1 Å². The second-order valence-corrected chi connectivity index (χ2v) is 5.64. The van der Waals surface area contributed by atoms with Crippen molar-refractivity contribution in [2.75, 3.05) is 6.26 Å². The minimum absolute atomic E-state index is 0.111. The van der Waals surface area contributed by atoms with E-state index in [0.717, 1.165) is 16.6 Å². The summed E-state index contributed by atoms with van der Waals surface area (Å²) in [4.78, 5) is 12.7. The first-order chi connectivity index (χ1) is 7.93. The fraction of sp³-hybridized carbons (Fsp3) is 0.308. The summed E-state index contributed by atoms with van der Waals surface area (Å²) in [5.74, 6) is 0. The molecule has 2 rings (SSSR count). The lowest BCUT2D eigenvalue weighted by molar-refractivity contribution is 0.599. The summed E-state index contributed by atoms with van der Waals surface area (Å²) in [5, 5.41) is 0.681. The third-order valence-electron chi connectivity index (χ3n) is 3.17. The summed E-state index contributed by atoms with van der Waals surface area (Å²) in [6.07, 6.45) is 3.20. The number of benzene rings is 1. The van der Waals surface area contributed by atoms with E-state index in [-0.39, 0.29) is 5.43 Å². The Labute approximate surface area is 103 Å². The molecule has 0 saturated heterocycles. The van der Waals surface area contributed by atoms with E-state index in [1.54, 1.807) is 6.20 Å². The van der Waals surface area contributed by atoms with E-state index in [4.69, 9.17) is 0 Å². The van der Waals surface area contributed by atoms with Gasteiger partial charge in [-0.05, 0) is 42.2 Å². The van der Waals surface area contributed by atoms with Crippen molar-refractivity contribution in [3.8, 4) is 0 Å². The Kier molecular flexibility index (Phi) is 3.02. The molecule has 1 aromatic carbocycles. The molecule has 90 valence electrons. The van der Waals surface area contributed by atoms with Gasteiger partial charge in [0.15, 0.2) is 0 Å². The van der Waals surface area contributed by atoms with E-state index in [0.29, 0.717) is 10.3 Å². The van der Waals surface area contributed by atoms with E-state index in [2.05, 4.69) is 0 Å². The fourth-order valence-corrected chi connectivity index (χ4v) is 2.68. The number of nitrogens with zero attached hydrogens (tertiary/aromatic N) is 1. The molecule has 2 aromatic rings. The first kappa shape index (κ1) is 12.2. The fourth-order valence-electron chi connectivity index (χ4n) is 2.01. The minimum Gasteiger partial charge on any atom is -0.612 e. The van der Waals surface area contributed by atoms with Crippen molar-refractivity contribution in [2.45, 2.75) is 18.7 Å². The largest absolute Gasteiger partial charge is 0.612 e. The predicted octanol–water partition coefficient (Wildman–Crippen LogP) is 1.89. The van der Waals surface area contributed by atoms with Gasteiger partial charge in [-0.1, -0.05) is 6.07 Å². The summed E-state index contributed by atoms with van der Waals surface area (Å²) >= 11 is -1.26. The number of aryl methyl sites for hydroxylation is 3. The van der Waals surface area contributed by atoms with Crippen LogP contribution in [-0.2, 0) is 18.2 Å². The van der Waals surface area contributed by atoms with Gasteiger partial charge < -0.3 is 9.12 Å². The van der Waals surface area contributed by atoms with E-state index >= 15 is 0 Å². The zero-order valence-electron chi connectivity index (χ0n) is 10.4. The summed E-state index contributed by atoms with van der Waals surface area (Å²) in [6.45, 7) is 3.91. The molecule has 1 heterocycles. The first-order valence-electron chi connectivity index (χ1n) is 5.36. The lowest BCUT2D eigenvalue weighted by Crippen LogP contribution is -2.18. The highest BCUT2D eigenvalue weighted by Crippen LogP contribution is 2.19. The van der Waals surface area contributed by atoms with E-state index in [1.807, 2.05) is 37.6 Å². The monoisotopic (exact) mass is 249 g/mol. The maximum Gasteiger partial charge on any atom is 0.244 e.